The maximum Gasteiger partial charge on any atom is 0.428 e. The Balaban J connectivity index is 1.34. The highest BCUT2D eigenvalue weighted by Gasteiger charge is 2.60. The molecule has 0 radical (unpaired) electrons. The SMILES string of the molecule is COc1ccc(CONC=CNC(=O)c2ccc(C3=CC(c4cc(Cl)c(F)c(Cl)c4)(C(F)(F)F)ON3)c3ccccc23)c(OC)c1. The number of fused-ring (bicyclic) bond motifs is 1. The fourth-order valence-corrected chi connectivity index (χ4v) is 5.33. The molecule has 0 aromatic heterocycles. The highest BCUT2D eigenvalue weighted by molar-refractivity contribution is 6.35. The van der Waals surface area contributed by atoms with Crippen LogP contribution >= 0.6 is 23.2 Å². The summed E-state index contributed by atoms with van der Waals surface area (Å²) >= 11 is 11.6. The second kappa shape index (κ2) is 13.5. The predicted molar refractivity (Wildman–Crippen MR) is 164 cm³/mol. The van der Waals surface area contributed by atoms with Crippen molar-refractivity contribution in [2.24, 2.45) is 0 Å². The molecular formula is C32H25Cl2F4N3O5. The Hall–Kier alpha value is -4.49. The third-order valence-electron chi connectivity index (χ3n) is 7.13. The zero-order valence-electron chi connectivity index (χ0n) is 24.1. The number of carbonyl (C=O) groups excluding carboxylic acids is 1. The van der Waals surface area contributed by atoms with Gasteiger partial charge in [-0.25, -0.2) is 4.39 Å². The summed E-state index contributed by atoms with van der Waals surface area (Å²) < 4.78 is 68.0. The van der Waals surface area contributed by atoms with Gasteiger partial charge in [-0.1, -0.05) is 53.5 Å². The van der Waals surface area contributed by atoms with E-state index >= 15 is 0 Å². The maximum atomic E-state index is 14.5. The van der Waals surface area contributed by atoms with Gasteiger partial charge in [-0.15, -0.1) is 0 Å². The zero-order chi connectivity index (χ0) is 33.1. The van der Waals surface area contributed by atoms with Crippen LogP contribution in [0.3, 0.4) is 0 Å². The van der Waals surface area contributed by atoms with Gasteiger partial charge >= 0.3 is 6.18 Å². The Morgan fingerprint density at radius 2 is 1.70 bits per heavy atom. The minimum atomic E-state index is -4.99. The number of alkyl halides is 3. The number of hydrogen-bond donors (Lipinski definition) is 3. The van der Waals surface area contributed by atoms with Gasteiger partial charge < -0.3 is 14.8 Å². The summed E-state index contributed by atoms with van der Waals surface area (Å²) in [6.45, 7) is 0.155. The fraction of sp³-hybridized carbons (Fsp3) is 0.156. The molecular weight excluding hydrogens is 653 g/mol. The standard InChI is InChI=1S/C32H25Cl2F4N3O5/c1-43-20-8-7-18(28(15-20)44-2)17-45-40-12-11-39-30(42)24-10-9-23(21-5-3-4-6-22(21)24)27-16-31(46-41-27,32(36,37)38)19-13-25(33)29(35)26(34)14-19/h3-16,40-41H,17H2,1-2H3,(H,39,42). The molecule has 1 amide bonds. The number of methoxy groups -OCH3 is 2. The van der Waals surface area contributed by atoms with E-state index in [1.807, 2.05) is 0 Å². The summed E-state index contributed by atoms with van der Waals surface area (Å²) in [7, 11) is 3.08. The molecule has 4 aromatic carbocycles. The number of hydroxylamine groups is 2. The lowest BCUT2D eigenvalue weighted by atomic mass is 9.90. The van der Waals surface area contributed by atoms with Crippen molar-refractivity contribution in [2.75, 3.05) is 14.2 Å². The van der Waals surface area contributed by atoms with Crippen LogP contribution < -0.4 is 25.8 Å². The third-order valence-corrected chi connectivity index (χ3v) is 7.68. The molecule has 1 unspecified atom stereocenters. The number of amides is 1. The van der Waals surface area contributed by atoms with Crippen molar-refractivity contribution in [3.05, 3.63) is 123 Å². The summed E-state index contributed by atoms with van der Waals surface area (Å²) in [5.41, 5.74) is 2.71. The number of carbonyl (C=O) groups is 1. The molecule has 0 saturated heterocycles. The zero-order valence-corrected chi connectivity index (χ0v) is 25.6. The number of hydrogen-bond acceptors (Lipinski definition) is 7. The smallest absolute Gasteiger partial charge is 0.428 e. The Bertz CT molecular complexity index is 1830. The molecule has 1 aliphatic heterocycles. The van der Waals surface area contributed by atoms with E-state index in [9.17, 15) is 22.4 Å². The van der Waals surface area contributed by atoms with Crippen molar-refractivity contribution in [2.45, 2.75) is 18.4 Å². The molecule has 4 aromatic rings. The molecule has 0 aliphatic carbocycles. The van der Waals surface area contributed by atoms with Crippen molar-refractivity contribution < 1.29 is 41.5 Å². The number of benzene rings is 4. The number of ether oxygens (including phenoxy) is 2. The van der Waals surface area contributed by atoms with Crippen LogP contribution in [0.25, 0.3) is 16.5 Å². The van der Waals surface area contributed by atoms with E-state index in [1.54, 1.807) is 49.6 Å². The summed E-state index contributed by atoms with van der Waals surface area (Å²) in [4.78, 5) is 23.6. The molecule has 0 saturated carbocycles. The van der Waals surface area contributed by atoms with Gasteiger partial charge in [0.15, 0.2) is 5.82 Å². The van der Waals surface area contributed by atoms with Crippen molar-refractivity contribution in [3.8, 4) is 11.5 Å². The highest BCUT2D eigenvalue weighted by Crippen LogP contribution is 2.49. The molecule has 46 heavy (non-hydrogen) atoms. The van der Waals surface area contributed by atoms with E-state index in [1.165, 1.54) is 31.6 Å². The van der Waals surface area contributed by atoms with Crippen molar-refractivity contribution in [1.29, 1.82) is 0 Å². The normalized spacial score (nSPS) is 16.3. The quantitative estimate of drug-likeness (QED) is 0.0691. The molecule has 1 atom stereocenters. The lowest BCUT2D eigenvalue weighted by Gasteiger charge is -2.28. The van der Waals surface area contributed by atoms with Crippen LogP contribution in [-0.2, 0) is 21.9 Å². The molecule has 5 rings (SSSR count). The van der Waals surface area contributed by atoms with Gasteiger partial charge in [0.1, 0.15) is 18.1 Å². The summed E-state index contributed by atoms with van der Waals surface area (Å²) in [6, 6.07) is 16.6. The molecule has 1 heterocycles. The molecule has 0 spiro atoms. The summed E-state index contributed by atoms with van der Waals surface area (Å²) in [5, 5.41) is 2.36. The van der Waals surface area contributed by atoms with Crippen LogP contribution in [0.2, 0.25) is 10.0 Å². The van der Waals surface area contributed by atoms with E-state index in [-0.39, 0.29) is 17.9 Å². The number of halogens is 6. The molecule has 0 bridgehead atoms. The van der Waals surface area contributed by atoms with Gasteiger partial charge in [-0.3, -0.25) is 25.4 Å². The van der Waals surface area contributed by atoms with Crippen molar-refractivity contribution in [1.82, 2.24) is 16.3 Å². The lowest BCUT2D eigenvalue weighted by molar-refractivity contribution is -0.269. The van der Waals surface area contributed by atoms with Crippen LogP contribution in [0.4, 0.5) is 17.6 Å². The number of nitrogens with one attached hydrogen (secondary N) is 3. The lowest BCUT2D eigenvalue weighted by Crippen LogP contribution is -2.42. The van der Waals surface area contributed by atoms with Crippen LogP contribution in [-0.4, -0.2) is 26.3 Å². The molecule has 0 fully saturated rings. The van der Waals surface area contributed by atoms with E-state index in [4.69, 9.17) is 42.4 Å². The van der Waals surface area contributed by atoms with Crippen LogP contribution in [0.1, 0.15) is 27.0 Å². The second-order valence-corrected chi connectivity index (χ2v) is 10.7. The Labute approximate surface area is 270 Å². The van der Waals surface area contributed by atoms with E-state index in [0.717, 1.165) is 23.8 Å². The molecule has 3 N–H and O–H groups in total. The van der Waals surface area contributed by atoms with Gasteiger partial charge in [0.05, 0.1) is 30.0 Å². The largest absolute Gasteiger partial charge is 0.497 e. The average molecular weight is 678 g/mol. The van der Waals surface area contributed by atoms with Gasteiger partial charge in [-0.2, -0.15) is 13.2 Å². The van der Waals surface area contributed by atoms with Crippen molar-refractivity contribution in [3.63, 3.8) is 0 Å². The fourth-order valence-electron chi connectivity index (χ4n) is 4.85. The van der Waals surface area contributed by atoms with Crippen molar-refractivity contribution >= 4 is 45.6 Å². The van der Waals surface area contributed by atoms with Gasteiger partial charge in [0, 0.05) is 40.7 Å². The first kappa shape index (κ1) is 32.9. The van der Waals surface area contributed by atoms with E-state index < -0.39 is 39.1 Å². The Morgan fingerprint density at radius 1 is 0.978 bits per heavy atom. The van der Waals surface area contributed by atoms with Gasteiger partial charge in [0.2, 0.25) is 5.60 Å². The highest BCUT2D eigenvalue weighted by atomic mass is 35.5. The first-order chi connectivity index (χ1) is 22.0. The van der Waals surface area contributed by atoms with Crippen LogP contribution in [0, 0.1) is 5.82 Å². The summed E-state index contributed by atoms with van der Waals surface area (Å²) in [5.74, 6) is -0.317. The minimum absolute atomic E-state index is 0.0354. The monoisotopic (exact) mass is 677 g/mol. The van der Waals surface area contributed by atoms with Gasteiger partial charge in [-0.05, 0) is 47.2 Å². The predicted octanol–water partition coefficient (Wildman–Crippen LogP) is 7.56. The topological polar surface area (TPSA) is 90.1 Å². The molecule has 1 aliphatic rings. The Morgan fingerprint density at radius 3 is 2.37 bits per heavy atom. The maximum absolute atomic E-state index is 14.5. The Kier molecular flexibility index (Phi) is 9.63. The van der Waals surface area contributed by atoms with Crippen LogP contribution in [0.5, 0.6) is 11.5 Å². The molecule has 8 nitrogen and oxygen atoms in total. The molecule has 240 valence electrons. The number of rotatable bonds is 10. The third kappa shape index (κ3) is 6.42. The van der Waals surface area contributed by atoms with E-state index in [2.05, 4.69) is 16.3 Å². The second-order valence-electron chi connectivity index (χ2n) is 9.85. The van der Waals surface area contributed by atoms with E-state index in [0.29, 0.717) is 27.8 Å². The first-order valence-corrected chi connectivity index (χ1v) is 14.2. The summed E-state index contributed by atoms with van der Waals surface area (Å²) in [6.07, 6.45) is -1.46. The van der Waals surface area contributed by atoms with Gasteiger partial charge in [0.25, 0.3) is 5.91 Å². The van der Waals surface area contributed by atoms with Crippen LogP contribution in [0.15, 0.2) is 85.2 Å². The average Bonchev–Trinajstić information content (AvgIpc) is 3.51. The first-order valence-electron chi connectivity index (χ1n) is 13.4. The molecule has 14 heteroatoms. The minimum Gasteiger partial charge on any atom is -0.497 e.